The van der Waals surface area contributed by atoms with Gasteiger partial charge in [-0.25, -0.2) is 4.39 Å². The van der Waals surface area contributed by atoms with Gasteiger partial charge in [0.25, 0.3) is 0 Å². The molecule has 0 aliphatic rings. The molecule has 0 fully saturated rings. The van der Waals surface area contributed by atoms with Crippen LogP contribution in [-0.2, 0) is 19.5 Å². The summed E-state index contributed by atoms with van der Waals surface area (Å²) < 4.78 is 20.4. The number of halogens is 2. The van der Waals surface area contributed by atoms with Crippen molar-refractivity contribution in [3.8, 4) is 0 Å². The van der Waals surface area contributed by atoms with Crippen molar-refractivity contribution in [3.05, 3.63) is 81.7 Å². The van der Waals surface area contributed by atoms with E-state index in [1.807, 2.05) is 42.3 Å². The number of hydrogen-bond acceptors (Lipinski definition) is 4. The highest BCUT2D eigenvalue weighted by atomic mass is 79.9. The average molecular weight is 390 g/mol. The van der Waals surface area contributed by atoms with Crippen LogP contribution in [0.4, 0.5) is 4.39 Å². The van der Waals surface area contributed by atoms with Gasteiger partial charge in [-0.2, -0.15) is 0 Å². The van der Waals surface area contributed by atoms with Crippen molar-refractivity contribution in [2.75, 3.05) is 7.05 Å². The Morgan fingerprint density at radius 1 is 1.04 bits per heavy atom. The van der Waals surface area contributed by atoms with E-state index in [9.17, 15) is 4.39 Å². The first-order chi connectivity index (χ1) is 11.6. The second-order valence-electron chi connectivity index (χ2n) is 5.66. The second-order valence-corrected chi connectivity index (χ2v) is 6.58. The van der Waals surface area contributed by atoms with E-state index in [1.165, 1.54) is 6.07 Å². The van der Waals surface area contributed by atoms with Crippen LogP contribution in [0.3, 0.4) is 0 Å². The van der Waals surface area contributed by atoms with Crippen LogP contribution in [-0.4, -0.2) is 22.1 Å². The summed E-state index contributed by atoms with van der Waals surface area (Å²) in [4.78, 5) is 1.94. The Bertz CT molecular complexity index is 807. The van der Waals surface area contributed by atoms with Crippen molar-refractivity contribution in [1.29, 1.82) is 0 Å². The quantitative estimate of drug-likeness (QED) is 0.633. The smallest absolute Gasteiger partial charge is 0.230 e. The van der Waals surface area contributed by atoms with Crippen molar-refractivity contribution < 1.29 is 8.81 Å². The molecule has 3 rings (SSSR count). The van der Waals surface area contributed by atoms with Crippen LogP contribution in [0, 0.1) is 5.82 Å². The minimum atomic E-state index is -0.222. The van der Waals surface area contributed by atoms with E-state index in [0.29, 0.717) is 36.9 Å². The predicted molar refractivity (Wildman–Crippen MR) is 92.8 cm³/mol. The summed E-state index contributed by atoms with van der Waals surface area (Å²) in [6.45, 7) is 0.926. The first-order valence-corrected chi connectivity index (χ1v) is 8.37. The molecule has 2 aromatic carbocycles. The molecule has 4 nitrogen and oxygen atoms in total. The summed E-state index contributed by atoms with van der Waals surface area (Å²) in [5.41, 5.74) is 1.74. The molecule has 0 saturated carbocycles. The molecule has 1 aromatic heterocycles. The summed E-state index contributed by atoms with van der Waals surface area (Å²) in [5.74, 6) is 0.886. The molecule has 3 aromatic rings. The molecular weight excluding hydrogens is 373 g/mol. The number of rotatable bonds is 6. The van der Waals surface area contributed by atoms with Crippen molar-refractivity contribution in [3.63, 3.8) is 0 Å². The minimum absolute atomic E-state index is 0.222. The van der Waals surface area contributed by atoms with Crippen LogP contribution in [0.25, 0.3) is 0 Å². The summed E-state index contributed by atoms with van der Waals surface area (Å²) in [7, 11) is 1.89. The van der Waals surface area contributed by atoms with E-state index in [0.717, 1.165) is 10.0 Å². The maximum Gasteiger partial charge on any atom is 0.230 e. The zero-order valence-electron chi connectivity index (χ0n) is 13.2. The molecule has 0 saturated heterocycles. The number of nitrogens with zero attached hydrogens (tertiary/aromatic N) is 3. The molecule has 124 valence electrons. The Morgan fingerprint density at radius 3 is 2.58 bits per heavy atom. The van der Waals surface area contributed by atoms with E-state index in [-0.39, 0.29) is 5.82 Å². The fourth-order valence-corrected chi connectivity index (χ4v) is 2.84. The molecule has 0 bridgehead atoms. The molecule has 0 spiro atoms. The van der Waals surface area contributed by atoms with Gasteiger partial charge in [-0.15, -0.1) is 10.2 Å². The topological polar surface area (TPSA) is 42.2 Å². The number of benzene rings is 2. The van der Waals surface area contributed by atoms with Crippen molar-refractivity contribution in [2.45, 2.75) is 19.5 Å². The molecule has 0 radical (unpaired) electrons. The lowest BCUT2D eigenvalue weighted by atomic mass is 10.2. The van der Waals surface area contributed by atoms with Crippen LogP contribution >= 0.6 is 15.9 Å². The average Bonchev–Trinajstić information content (AvgIpc) is 2.98. The molecule has 24 heavy (non-hydrogen) atoms. The lowest BCUT2D eigenvalue weighted by Crippen LogP contribution is -2.18. The standard InChI is InChI=1S/C18H17BrFN3O/c1-23(11-14-10-15(19)7-8-16(14)20)12-18-22-21-17(24-18)9-13-5-3-2-4-6-13/h2-8,10H,9,11-12H2,1H3. The van der Waals surface area contributed by atoms with Gasteiger partial charge in [-0.3, -0.25) is 4.90 Å². The van der Waals surface area contributed by atoms with Crippen LogP contribution in [0.1, 0.15) is 22.9 Å². The SMILES string of the molecule is CN(Cc1nnc(Cc2ccccc2)o1)Cc1cc(Br)ccc1F. The van der Waals surface area contributed by atoms with Gasteiger partial charge in [0.1, 0.15) is 5.82 Å². The molecule has 6 heteroatoms. The number of hydrogen-bond donors (Lipinski definition) is 0. The molecule has 0 unspecified atom stereocenters. The number of aromatic nitrogens is 2. The molecule has 0 aliphatic heterocycles. The van der Waals surface area contributed by atoms with Crippen LogP contribution in [0.5, 0.6) is 0 Å². The van der Waals surface area contributed by atoms with E-state index >= 15 is 0 Å². The lowest BCUT2D eigenvalue weighted by molar-refractivity contribution is 0.274. The molecule has 0 N–H and O–H groups in total. The first kappa shape index (κ1) is 16.8. The second kappa shape index (κ2) is 7.68. The fraction of sp³-hybridized carbons (Fsp3) is 0.222. The Morgan fingerprint density at radius 2 is 1.79 bits per heavy atom. The lowest BCUT2D eigenvalue weighted by Gasteiger charge is -2.15. The molecule has 0 atom stereocenters. The molecular formula is C18H17BrFN3O. The zero-order valence-corrected chi connectivity index (χ0v) is 14.8. The van der Waals surface area contributed by atoms with Gasteiger partial charge >= 0.3 is 0 Å². The van der Waals surface area contributed by atoms with Crippen molar-refractivity contribution in [1.82, 2.24) is 15.1 Å². The normalized spacial score (nSPS) is 11.2. The van der Waals surface area contributed by atoms with E-state index in [2.05, 4.69) is 26.1 Å². The molecule has 0 aliphatic carbocycles. The van der Waals surface area contributed by atoms with Crippen molar-refractivity contribution in [2.24, 2.45) is 0 Å². The zero-order chi connectivity index (χ0) is 16.9. The largest absolute Gasteiger partial charge is 0.424 e. The maximum atomic E-state index is 13.8. The van der Waals surface area contributed by atoms with E-state index < -0.39 is 0 Å². The van der Waals surface area contributed by atoms with Crippen molar-refractivity contribution >= 4 is 15.9 Å². The Labute approximate surface area is 148 Å². The Hall–Kier alpha value is -2.05. The van der Waals surface area contributed by atoms with Gasteiger partial charge in [0.2, 0.25) is 11.8 Å². The van der Waals surface area contributed by atoms with Gasteiger partial charge < -0.3 is 4.42 Å². The van der Waals surface area contributed by atoms with Gasteiger partial charge in [0.15, 0.2) is 0 Å². The van der Waals surface area contributed by atoms with Gasteiger partial charge in [0.05, 0.1) is 13.0 Å². The third-order valence-corrected chi connectivity index (χ3v) is 4.05. The first-order valence-electron chi connectivity index (χ1n) is 7.58. The van der Waals surface area contributed by atoms with Gasteiger partial charge in [0, 0.05) is 16.6 Å². The van der Waals surface area contributed by atoms with Gasteiger partial charge in [-0.05, 0) is 30.8 Å². The van der Waals surface area contributed by atoms with Crippen LogP contribution in [0.15, 0.2) is 57.4 Å². The fourth-order valence-electron chi connectivity index (χ4n) is 2.44. The van der Waals surface area contributed by atoms with Crippen LogP contribution < -0.4 is 0 Å². The summed E-state index contributed by atoms with van der Waals surface area (Å²) in [6, 6.07) is 14.9. The Balaban J connectivity index is 1.61. The van der Waals surface area contributed by atoms with Gasteiger partial charge in [-0.1, -0.05) is 46.3 Å². The summed E-state index contributed by atoms with van der Waals surface area (Å²) >= 11 is 3.36. The third kappa shape index (κ3) is 4.49. The summed E-state index contributed by atoms with van der Waals surface area (Å²) in [5, 5.41) is 8.15. The highest BCUT2D eigenvalue weighted by Gasteiger charge is 2.12. The highest BCUT2D eigenvalue weighted by molar-refractivity contribution is 9.10. The summed E-state index contributed by atoms with van der Waals surface area (Å²) in [6.07, 6.45) is 0.609. The van der Waals surface area contributed by atoms with Crippen LogP contribution in [0.2, 0.25) is 0 Å². The Kier molecular flexibility index (Phi) is 5.37. The van der Waals surface area contributed by atoms with E-state index in [1.54, 1.807) is 12.1 Å². The molecule has 0 amide bonds. The highest BCUT2D eigenvalue weighted by Crippen LogP contribution is 2.18. The monoisotopic (exact) mass is 389 g/mol. The van der Waals surface area contributed by atoms with E-state index in [4.69, 9.17) is 4.42 Å². The predicted octanol–water partition coefficient (Wildman–Crippen LogP) is 4.19. The minimum Gasteiger partial charge on any atom is -0.424 e. The third-order valence-electron chi connectivity index (χ3n) is 3.56. The molecule has 1 heterocycles. The maximum absolute atomic E-state index is 13.8.